The Morgan fingerprint density at radius 2 is 2.19 bits per heavy atom. The summed E-state index contributed by atoms with van der Waals surface area (Å²) < 4.78 is 5.33. The number of carbonyl (C=O) groups is 1. The van der Waals surface area contributed by atoms with E-state index in [0.717, 1.165) is 30.6 Å². The van der Waals surface area contributed by atoms with Crippen molar-refractivity contribution in [3.63, 3.8) is 0 Å². The molecule has 1 fully saturated rings. The molecule has 27 heavy (non-hydrogen) atoms. The van der Waals surface area contributed by atoms with Gasteiger partial charge in [0.1, 0.15) is 11.6 Å². The van der Waals surface area contributed by atoms with E-state index >= 15 is 0 Å². The quantitative estimate of drug-likeness (QED) is 0.879. The second-order valence-corrected chi connectivity index (χ2v) is 6.98. The van der Waals surface area contributed by atoms with E-state index in [1.807, 2.05) is 36.1 Å². The SMILES string of the molecule is CCc1nc(C)c(CC(=O)N2CCCC[C@H]2c2cccc(OC)c2)c(=O)[nH]1. The molecular formula is C21H27N3O3. The van der Waals surface area contributed by atoms with Crippen LogP contribution in [0.3, 0.4) is 0 Å². The first kappa shape index (κ1) is 19.1. The highest BCUT2D eigenvalue weighted by Gasteiger charge is 2.29. The maximum Gasteiger partial charge on any atom is 0.254 e. The number of methoxy groups -OCH3 is 1. The van der Waals surface area contributed by atoms with E-state index in [2.05, 4.69) is 9.97 Å². The predicted octanol–water partition coefficient (Wildman–Crippen LogP) is 2.95. The zero-order valence-corrected chi connectivity index (χ0v) is 16.2. The molecule has 0 bridgehead atoms. The van der Waals surface area contributed by atoms with Crippen molar-refractivity contribution < 1.29 is 9.53 Å². The van der Waals surface area contributed by atoms with Gasteiger partial charge >= 0.3 is 0 Å². The molecule has 6 nitrogen and oxygen atoms in total. The van der Waals surface area contributed by atoms with Crippen LogP contribution in [0, 0.1) is 6.92 Å². The molecule has 1 N–H and O–H groups in total. The number of aryl methyl sites for hydroxylation is 2. The normalized spacial score (nSPS) is 17.0. The third-order valence-electron chi connectivity index (χ3n) is 5.24. The van der Waals surface area contributed by atoms with Gasteiger partial charge in [-0.15, -0.1) is 0 Å². The van der Waals surface area contributed by atoms with Gasteiger partial charge in [0.15, 0.2) is 0 Å². The molecule has 1 aliphatic heterocycles. The van der Waals surface area contributed by atoms with Crippen LogP contribution < -0.4 is 10.3 Å². The van der Waals surface area contributed by atoms with Gasteiger partial charge in [0.05, 0.1) is 19.6 Å². The van der Waals surface area contributed by atoms with Gasteiger partial charge in [-0.25, -0.2) is 4.98 Å². The largest absolute Gasteiger partial charge is 0.497 e. The van der Waals surface area contributed by atoms with Crippen LogP contribution in [0.4, 0.5) is 0 Å². The Morgan fingerprint density at radius 3 is 2.89 bits per heavy atom. The van der Waals surface area contributed by atoms with Gasteiger partial charge in [0, 0.05) is 24.2 Å². The Balaban J connectivity index is 1.85. The number of H-pyrrole nitrogens is 1. The molecule has 1 aromatic carbocycles. The molecule has 144 valence electrons. The summed E-state index contributed by atoms with van der Waals surface area (Å²) in [6, 6.07) is 7.90. The number of aromatic nitrogens is 2. The highest BCUT2D eigenvalue weighted by atomic mass is 16.5. The molecule has 2 aromatic rings. The lowest BCUT2D eigenvalue weighted by molar-refractivity contribution is -0.134. The lowest BCUT2D eigenvalue weighted by atomic mass is 9.94. The fourth-order valence-corrected chi connectivity index (χ4v) is 3.72. The van der Waals surface area contributed by atoms with E-state index in [9.17, 15) is 9.59 Å². The molecule has 0 aliphatic carbocycles. The average Bonchev–Trinajstić information content (AvgIpc) is 2.70. The van der Waals surface area contributed by atoms with E-state index in [0.29, 0.717) is 30.0 Å². The third kappa shape index (κ3) is 4.21. The lowest BCUT2D eigenvalue weighted by Crippen LogP contribution is -2.40. The van der Waals surface area contributed by atoms with Crippen LogP contribution >= 0.6 is 0 Å². The Bertz CT molecular complexity index is 875. The Labute approximate surface area is 159 Å². The molecule has 1 aliphatic rings. The van der Waals surface area contributed by atoms with E-state index in [4.69, 9.17) is 4.74 Å². The number of likely N-dealkylation sites (tertiary alicyclic amines) is 1. The molecule has 2 heterocycles. The first-order valence-corrected chi connectivity index (χ1v) is 9.55. The van der Waals surface area contributed by atoms with Gasteiger partial charge in [0.25, 0.3) is 5.56 Å². The van der Waals surface area contributed by atoms with E-state index in [-0.39, 0.29) is 23.9 Å². The fraction of sp³-hybridized carbons (Fsp3) is 0.476. The number of benzene rings is 1. The number of carbonyl (C=O) groups excluding carboxylic acids is 1. The number of nitrogens with zero attached hydrogens (tertiary/aromatic N) is 2. The van der Waals surface area contributed by atoms with Gasteiger partial charge in [-0.1, -0.05) is 19.1 Å². The molecule has 6 heteroatoms. The highest BCUT2D eigenvalue weighted by molar-refractivity contribution is 5.79. The average molecular weight is 369 g/mol. The van der Waals surface area contributed by atoms with Crippen LogP contribution in [0.1, 0.15) is 54.9 Å². The predicted molar refractivity (Wildman–Crippen MR) is 104 cm³/mol. The Morgan fingerprint density at radius 1 is 1.37 bits per heavy atom. The van der Waals surface area contributed by atoms with Crippen LogP contribution in [0.25, 0.3) is 0 Å². The van der Waals surface area contributed by atoms with Crippen molar-refractivity contribution in [1.82, 2.24) is 14.9 Å². The molecule has 1 saturated heterocycles. The molecule has 1 atom stereocenters. The monoisotopic (exact) mass is 369 g/mol. The van der Waals surface area contributed by atoms with Crippen LogP contribution in [0.2, 0.25) is 0 Å². The number of aromatic amines is 1. The Kier molecular flexibility index (Phi) is 5.94. The van der Waals surface area contributed by atoms with Crippen molar-refractivity contribution in [3.8, 4) is 5.75 Å². The highest BCUT2D eigenvalue weighted by Crippen LogP contribution is 2.33. The zero-order valence-electron chi connectivity index (χ0n) is 16.2. The summed E-state index contributed by atoms with van der Waals surface area (Å²) in [6.07, 6.45) is 3.72. The molecular weight excluding hydrogens is 342 g/mol. The smallest absolute Gasteiger partial charge is 0.254 e. The summed E-state index contributed by atoms with van der Waals surface area (Å²) in [5.41, 5.74) is 1.97. The molecule has 0 spiro atoms. The summed E-state index contributed by atoms with van der Waals surface area (Å²) in [5, 5.41) is 0. The minimum Gasteiger partial charge on any atom is -0.497 e. The van der Waals surface area contributed by atoms with Gasteiger partial charge in [-0.2, -0.15) is 0 Å². The van der Waals surface area contributed by atoms with E-state index in [1.54, 1.807) is 14.0 Å². The van der Waals surface area contributed by atoms with Crippen LogP contribution in [-0.4, -0.2) is 34.4 Å². The molecule has 3 rings (SSSR count). The number of hydrogen-bond acceptors (Lipinski definition) is 4. The van der Waals surface area contributed by atoms with Gasteiger partial charge < -0.3 is 14.6 Å². The molecule has 0 unspecified atom stereocenters. The molecule has 1 amide bonds. The lowest BCUT2D eigenvalue weighted by Gasteiger charge is -2.36. The second-order valence-electron chi connectivity index (χ2n) is 6.98. The molecule has 0 radical (unpaired) electrons. The molecule has 0 saturated carbocycles. The molecule has 1 aromatic heterocycles. The number of rotatable bonds is 5. The van der Waals surface area contributed by atoms with E-state index in [1.165, 1.54) is 0 Å². The van der Waals surface area contributed by atoms with Gasteiger partial charge in [-0.3, -0.25) is 9.59 Å². The van der Waals surface area contributed by atoms with Crippen molar-refractivity contribution in [2.75, 3.05) is 13.7 Å². The summed E-state index contributed by atoms with van der Waals surface area (Å²) in [6.45, 7) is 4.44. The maximum absolute atomic E-state index is 13.1. The number of nitrogens with one attached hydrogen (secondary N) is 1. The summed E-state index contributed by atoms with van der Waals surface area (Å²) in [7, 11) is 1.64. The van der Waals surface area contributed by atoms with Crippen molar-refractivity contribution in [1.29, 1.82) is 0 Å². The van der Waals surface area contributed by atoms with Crippen LogP contribution in [0.15, 0.2) is 29.1 Å². The summed E-state index contributed by atoms with van der Waals surface area (Å²) in [5.74, 6) is 1.42. The van der Waals surface area contributed by atoms with Crippen molar-refractivity contribution in [2.24, 2.45) is 0 Å². The van der Waals surface area contributed by atoms with Gasteiger partial charge in [0.2, 0.25) is 5.91 Å². The first-order chi connectivity index (χ1) is 13.0. The first-order valence-electron chi connectivity index (χ1n) is 9.55. The fourth-order valence-electron chi connectivity index (χ4n) is 3.72. The summed E-state index contributed by atoms with van der Waals surface area (Å²) in [4.78, 5) is 34.6. The minimum atomic E-state index is -0.206. The van der Waals surface area contributed by atoms with Crippen molar-refractivity contribution >= 4 is 5.91 Å². The van der Waals surface area contributed by atoms with Crippen molar-refractivity contribution in [3.05, 3.63) is 57.3 Å². The van der Waals surface area contributed by atoms with E-state index < -0.39 is 0 Å². The minimum absolute atomic E-state index is 0.0172. The number of amides is 1. The Hall–Kier alpha value is -2.63. The van der Waals surface area contributed by atoms with Crippen LogP contribution in [-0.2, 0) is 17.6 Å². The number of ether oxygens (including phenoxy) is 1. The van der Waals surface area contributed by atoms with Gasteiger partial charge in [-0.05, 0) is 43.9 Å². The zero-order chi connectivity index (χ0) is 19.4. The standard InChI is InChI=1S/C21H27N3O3/c1-4-19-22-14(2)17(21(26)23-19)13-20(25)24-11-6-5-10-18(24)15-8-7-9-16(12-15)27-3/h7-9,12,18H,4-6,10-11,13H2,1-3H3,(H,22,23,26)/t18-/m0/s1. The third-order valence-corrected chi connectivity index (χ3v) is 5.24. The van der Waals surface area contributed by atoms with Crippen molar-refractivity contribution in [2.45, 2.75) is 52.0 Å². The maximum atomic E-state index is 13.1. The topological polar surface area (TPSA) is 75.3 Å². The summed E-state index contributed by atoms with van der Waals surface area (Å²) >= 11 is 0. The second kappa shape index (κ2) is 8.37. The number of hydrogen-bond donors (Lipinski definition) is 1. The number of piperidine rings is 1. The van der Waals surface area contributed by atoms with Crippen LogP contribution in [0.5, 0.6) is 5.75 Å².